The van der Waals surface area contributed by atoms with Crippen LogP contribution < -0.4 is 0 Å². The number of carbonyl (C=O) groups is 1. The Balaban J connectivity index is 4.18. The molecule has 84 valence electrons. The van der Waals surface area contributed by atoms with Crippen molar-refractivity contribution < 1.29 is 18.0 Å². The molecule has 0 saturated carbocycles. The molecule has 14 heavy (non-hydrogen) atoms. The van der Waals surface area contributed by atoms with Crippen LogP contribution in [-0.4, -0.2) is 42.1 Å². The van der Waals surface area contributed by atoms with E-state index in [4.69, 9.17) is 0 Å². The summed E-state index contributed by atoms with van der Waals surface area (Å²) >= 11 is 1.55. The summed E-state index contributed by atoms with van der Waals surface area (Å²) in [5, 5.41) is 0. The number of hydrogen-bond donors (Lipinski definition) is 0. The van der Waals surface area contributed by atoms with E-state index in [1.54, 1.807) is 18.7 Å². The molecule has 0 radical (unpaired) electrons. The predicted octanol–water partition coefficient (Wildman–Crippen LogP) is 2.15. The van der Waals surface area contributed by atoms with Crippen molar-refractivity contribution in [2.24, 2.45) is 0 Å². The van der Waals surface area contributed by atoms with Gasteiger partial charge in [0, 0.05) is 13.1 Å². The highest BCUT2D eigenvalue weighted by molar-refractivity contribution is 7.98. The molecule has 0 fully saturated rings. The number of carbonyl (C=O) groups excluding carboxylic acids is 1. The fourth-order valence-electron chi connectivity index (χ4n) is 0.882. The van der Waals surface area contributed by atoms with Crippen LogP contribution >= 0.6 is 11.8 Å². The molecule has 0 heterocycles. The van der Waals surface area contributed by atoms with Gasteiger partial charge in [-0.05, 0) is 25.4 Å². The second-order valence-corrected chi connectivity index (χ2v) is 4.03. The largest absolute Gasteiger partial charge is 0.471 e. The molecule has 0 aromatic heterocycles. The van der Waals surface area contributed by atoms with Crippen molar-refractivity contribution in [3.8, 4) is 0 Å². The minimum atomic E-state index is -4.76. The summed E-state index contributed by atoms with van der Waals surface area (Å²) in [6.45, 7) is 1.61. The first-order valence-corrected chi connectivity index (χ1v) is 5.53. The smallest absolute Gasteiger partial charge is 0.335 e. The van der Waals surface area contributed by atoms with Gasteiger partial charge in [0.1, 0.15) is 0 Å². The molecular weight excluding hydrogens is 215 g/mol. The van der Waals surface area contributed by atoms with Gasteiger partial charge in [0.15, 0.2) is 0 Å². The molecule has 0 saturated heterocycles. The lowest BCUT2D eigenvalue weighted by atomic mass is 10.2. The van der Waals surface area contributed by atoms with Crippen LogP contribution in [0.4, 0.5) is 13.2 Å². The number of hydrogen-bond acceptors (Lipinski definition) is 2. The molecule has 0 N–H and O–H groups in total. The third-order valence-corrected chi connectivity index (χ3v) is 2.61. The zero-order chi connectivity index (χ0) is 11.4. The molecule has 2 nitrogen and oxygen atoms in total. The van der Waals surface area contributed by atoms with Crippen LogP contribution in [0.3, 0.4) is 0 Å². The summed E-state index contributed by atoms with van der Waals surface area (Å²) in [6.07, 6.45) is -2.32. The zero-order valence-electron chi connectivity index (χ0n) is 8.39. The van der Waals surface area contributed by atoms with Crippen LogP contribution in [-0.2, 0) is 4.79 Å². The van der Waals surface area contributed by atoms with Crippen molar-refractivity contribution in [3.63, 3.8) is 0 Å². The molecule has 0 aromatic carbocycles. The lowest BCUT2D eigenvalue weighted by Gasteiger charge is -2.25. The fraction of sp³-hybridized carbons (Fsp3) is 0.875. The second kappa shape index (κ2) is 5.48. The highest BCUT2D eigenvalue weighted by atomic mass is 32.2. The highest BCUT2D eigenvalue weighted by Gasteiger charge is 2.42. The van der Waals surface area contributed by atoms with Crippen molar-refractivity contribution in [2.75, 3.05) is 19.1 Å². The fourth-order valence-corrected chi connectivity index (χ4v) is 1.46. The number of halogens is 3. The standard InChI is InChI=1S/C8H14F3NOS/c1-6(4-5-14-3)12(2)7(13)8(9,10)11/h6H,4-5H2,1-3H3. The average Bonchev–Trinajstić information content (AvgIpc) is 2.10. The predicted molar refractivity (Wildman–Crippen MR) is 51.3 cm³/mol. The number of thioether (sulfide) groups is 1. The topological polar surface area (TPSA) is 20.3 Å². The minimum absolute atomic E-state index is 0.378. The van der Waals surface area contributed by atoms with E-state index in [9.17, 15) is 18.0 Å². The molecule has 6 heteroatoms. The Kier molecular flexibility index (Phi) is 5.33. The van der Waals surface area contributed by atoms with E-state index >= 15 is 0 Å². The Hall–Kier alpha value is -0.390. The zero-order valence-corrected chi connectivity index (χ0v) is 9.21. The summed E-state index contributed by atoms with van der Waals surface area (Å²) in [4.78, 5) is 11.5. The van der Waals surface area contributed by atoms with E-state index in [0.717, 1.165) is 10.7 Å². The van der Waals surface area contributed by atoms with Gasteiger partial charge in [-0.25, -0.2) is 0 Å². The average molecular weight is 229 g/mol. The third kappa shape index (κ3) is 4.21. The molecule has 0 spiro atoms. The highest BCUT2D eigenvalue weighted by Crippen LogP contribution is 2.19. The lowest BCUT2D eigenvalue weighted by molar-refractivity contribution is -0.185. The van der Waals surface area contributed by atoms with Crippen LogP contribution in [0, 0.1) is 0 Å². The molecule has 0 aliphatic rings. The van der Waals surface area contributed by atoms with Crippen LogP contribution in [0.2, 0.25) is 0 Å². The number of alkyl halides is 3. The summed E-state index contributed by atoms with van der Waals surface area (Å²) in [7, 11) is 1.18. The van der Waals surface area contributed by atoms with Gasteiger partial charge in [0.05, 0.1) is 0 Å². The third-order valence-electron chi connectivity index (χ3n) is 1.96. The van der Waals surface area contributed by atoms with Gasteiger partial charge in [-0.3, -0.25) is 4.79 Å². The maximum atomic E-state index is 12.0. The number of nitrogens with zero attached hydrogens (tertiary/aromatic N) is 1. The van der Waals surface area contributed by atoms with E-state index in [-0.39, 0.29) is 6.04 Å². The minimum Gasteiger partial charge on any atom is -0.335 e. The van der Waals surface area contributed by atoms with Gasteiger partial charge >= 0.3 is 12.1 Å². The normalized spacial score (nSPS) is 13.9. The molecule has 1 unspecified atom stereocenters. The molecule has 0 aromatic rings. The maximum absolute atomic E-state index is 12.0. The monoisotopic (exact) mass is 229 g/mol. The molecule has 0 rings (SSSR count). The summed E-state index contributed by atoms with van der Waals surface area (Å²) in [5.41, 5.74) is 0. The quantitative estimate of drug-likeness (QED) is 0.736. The molecule has 1 amide bonds. The van der Waals surface area contributed by atoms with Gasteiger partial charge in [0.2, 0.25) is 0 Å². The van der Waals surface area contributed by atoms with Gasteiger partial charge < -0.3 is 4.90 Å². The van der Waals surface area contributed by atoms with E-state index in [1.807, 2.05) is 6.26 Å². The van der Waals surface area contributed by atoms with Gasteiger partial charge in [-0.2, -0.15) is 24.9 Å². The first kappa shape index (κ1) is 13.6. The van der Waals surface area contributed by atoms with Crippen molar-refractivity contribution in [3.05, 3.63) is 0 Å². The Bertz CT molecular complexity index is 196. The van der Waals surface area contributed by atoms with Crippen molar-refractivity contribution in [2.45, 2.75) is 25.6 Å². The Labute approximate surface area is 85.8 Å². The first-order chi connectivity index (χ1) is 6.30. The summed E-state index contributed by atoms with van der Waals surface area (Å²) in [6, 6.07) is -0.378. The van der Waals surface area contributed by atoms with Crippen molar-refractivity contribution in [1.29, 1.82) is 0 Å². The molecule has 0 aliphatic carbocycles. The number of rotatable bonds is 4. The first-order valence-electron chi connectivity index (χ1n) is 4.13. The molecule has 1 atom stereocenters. The Morgan fingerprint density at radius 2 is 2.00 bits per heavy atom. The van der Waals surface area contributed by atoms with Crippen molar-refractivity contribution >= 4 is 17.7 Å². The van der Waals surface area contributed by atoms with Crippen LogP contribution in [0.1, 0.15) is 13.3 Å². The van der Waals surface area contributed by atoms with E-state index in [1.165, 1.54) is 7.05 Å². The Morgan fingerprint density at radius 1 is 1.50 bits per heavy atom. The van der Waals surface area contributed by atoms with Gasteiger partial charge in [0.25, 0.3) is 0 Å². The maximum Gasteiger partial charge on any atom is 0.471 e. The molecule has 0 aliphatic heterocycles. The SMILES string of the molecule is CSCCC(C)N(C)C(=O)C(F)(F)F. The van der Waals surface area contributed by atoms with E-state index < -0.39 is 12.1 Å². The van der Waals surface area contributed by atoms with E-state index in [2.05, 4.69) is 0 Å². The van der Waals surface area contributed by atoms with Crippen LogP contribution in [0.15, 0.2) is 0 Å². The van der Waals surface area contributed by atoms with Gasteiger partial charge in [-0.15, -0.1) is 0 Å². The molecular formula is C8H14F3NOS. The summed E-state index contributed by atoms with van der Waals surface area (Å²) < 4.78 is 36.0. The number of amides is 1. The van der Waals surface area contributed by atoms with Crippen LogP contribution in [0.5, 0.6) is 0 Å². The molecule has 0 bridgehead atoms. The lowest BCUT2D eigenvalue weighted by Crippen LogP contribution is -2.43. The van der Waals surface area contributed by atoms with Gasteiger partial charge in [-0.1, -0.05) is 0 Å². The Morgan fingerprint density at radius 3 is 2.36 bits per heavy atom. The summed E-state index contributed by atoms with van der Waals surface area (Å²) in [5.74, 6) is -1.03. The van der Waals surface area contributed by atoms with Crippen LogP contribution in [0.25, 0.3) is 0 Å². The second-order valence-electron chi connectivity index (χ2n) is 3.04. The van der Waals surface area contributed by atoms with Crippen molar-refractivity contribution in [1.82, 2.24) is 4.90 Å². The van der Waals surface area contributed by atoms with E-state index in [0.29, 0.717) is 6.42 Å².